The van der Waals surface area contributed by atoms with Gasteiger partial charge in [0.1, 0.15) is 0 Å². The Labute approximate surface area is 62.4 Å². The van der Waals surface area contributed by atoms with E-state index in [1.807, 2.05) is 0 Å². The molecule has 1 saturated carbocycles. The molecule has 1 aliphatic carbocycles. The van der Waals surface area contributed by atoms with E-state index in [9.17, 15) is 0 Å². The first-order valence-corrected chi connectivity index (χ1v) is 4.33. The van der Waals surface area contributed by atoms with Crippen molar-refractivity contribution >= 4 is 0 Å². The topological polar surface area (TPSA) is 26.1 Å². The lowest BCUT2D eigenvalue weighted by molar-refractivity contribution is 0.414. The van der Waals surface area contributed by atoms with Gasteiger partial charge in [-0.15, -0.1) is 0 Å². The molecule has 0 amide bonds. The fraction of sp³-hybridized carbons (Fsp3) is 1.00. The zero-order valence-electron chi connectivity index (χ0n) is 6.34. The summed E-state index contributed by atoms with van der Waals surface area (Å²) in [6, 6.07) is 0.738. The molecule has 1 N–H and O–H groups in total. The van der Waals surface area contributed by atoms with E-state index in [1.54, 1.807) is 0 Å². The molecule has 2 nitrogen and oxygen atoms in total. The van der Waals surface area contributed by atoms with Crippen LogP contribution in [0.5, 0.6) is 0 Å². The van der Waals surface area contributed by atoms with Gasteiger partial charge in [-0.3, -0.25) is 5.32 Å². The summed E-state index contributed by atoms with van der Waals surface area (Å²) < 4.78 is 0. The molecular formula is C8H15N2. The van der Waals surface area contributed by atoms with E-state index in [4.69, 9.17) is 0 Å². The summed E-state index contributed by atoms with van der Waals surface area (Å²) in [6.45, 7) is 1.98. The highest BCUT2D eigenvalue weighted by molar-refractivity contribution is 4.84. The van der Waals surface area contributed by atoms with E-state index < -0.39 is 0 Å². The van der Waals surface area contributed by atoms with Crippen LogP contribution in [0.2, 0.25) is 0 Å². The Kier molecular flexibility index (Phi) is 1.91. The van der Waals surface area contributed by atoms with E-state index in [-0.39, 0.29) is 0 Å². The molecule has 2 aliphatic rings. The monoisotopic (exact) mass is 139 g/mol. The van der Waals surface area contributed by atoms with Crippen LogP contribution in [0.15, 0.2) is 0 Å². The lowest BCUT2D eigenvalue weighted by atomic mass is 9.99. The second kappa shape index (κ2) is 2.89. The molecule has 0 spiro atoms. The lowest BCUT2D eigenvalue weighted by Gasteiger charge is -2.15. The molecule has 0 aromatic heterocycles. The maximum absolute atomic E-state index is 4.30. The van der Waals surface area contributed by atoms with Crippen LogP contribution in [-0.2, 0) is 0 Å². The molecule has 0 aromatic carbocycles. The van der Waals surface area contributed by atoms with Crippen LogP contribution in [0.3, 0.4) is 0 Å². The van der Waals surface area contributed by atoms with E-state index in [2.05, 4.69) is 10.6 Å². The van der Waals surface area contributed by atoms with Crippen LogP contribution in [0.1, 0.15) is 25.7 Å². The molecule has 0 aromatic rings. The molecular weight excluding hydrogens is 124 g/mol. The second-order valence-corrected chi connectivity index (χ2v) is 3.42. The largest absolute Gasteiger partial charge is 0.299 e. The van der Waals surface area contributed by atoms with Crippen LogP contribution < -0.4 is 10.6 Å². The first-order chi connectivity index (χ1) is 4.97. The quantitative estimate of drug-likeness (QED) is 0.569. The third-order valence-corrected chi connectivity index (χ3v) is 2.76. The van der Waals surface area contributed by atoms with Crippen molar-refractivity contribution in [3.05, 3.63) is 0 Å². The summed E-state index contributed by atoms with van der Waals surface area (Å²) >= 11 is 0. The van der Waals surface area contributed by atoms with Gasteiger partial charge < -0.3 is 0 Å². The molecule has 2 rings (SSSR count). The van der Waals surface area contributed by atoms with Gasteiger partial charge in [-0.2, -0.15) is 0 Å². The molecule has 2 fully saturated rings. The minimum atomic E-state index is 0.738. The highest BCUT2D eigenvalue weighted by Crippen LogP contribution is 2.28. The molecule has 1 saturated heterocycles. The van der Waals surface area contributed by atoms with Crippen LogP contribution in [0.25, 0.3) is 0 Å². The standard InChI is InChI=1S/C8H15N2/c1-2-4-7(3-1)8-5-9-6-10-8/h7-8,10H,1-6H2. The van der Waals surface area contributed by atoms with E-state index in [0.717, 1.165) is 25.2 Å². The lowest BCUT2D eigenvalue weighted by Crippen LogP contribution is -2.30. The number of nitrogens with one attached hydrogen (secondary N) is 1. The van der Waals surface area contributed by atoms with E-state index >= 15 is 0 Å². The molecule has 10 heavy (non-hydrogen) atoms. The Morgan fingerprint density at radius 1 is 1.20 bits per heavy atom. The summed E-state index contributed by atoms with van der Waals surface area (Å²) in [7, 11) is 0. The molecule has 1 unspecified atom stereocenters. The van der Waals surface area contributed by atoms with Crippen molar-refractivity contribution in [1.29, 1.82) is 0 Å². The van der Waals surface area contributed by atoms with Crippen LogP contribution in [-0.4, -0.2) is 19.3 Å². The Hall–Kier alpha value is -0.0800. The maximum atomic E-state index is 4.30. The fourth-order valence-corrected chi connectivity index (χ4v) is 2.13. The van der Waals surface area contributed by atoms with Gasteiger partial charge in [0, 0.05) is 12.6 Å². The first-order valence-electron chi connectivity index (χ1n) is 4.33. The van der Waals surface area contributed by atoms with Gasteiger partial charge in [0.05, 0.1) is 6.67 Å². The van der Waals surface area contributed by atoms with Crippen molar-refractivity contribution in [1.82, 2.24) is 10.6 Å². The minimum Gasteiger partial charge on any atom is -0.299 e. The Bertz CT molecular complexity index is 87.8. The van der Waals surface area contributed by atoms with Crippen molar-refractivity contribution in [2.75, 3.05) is 13.2 Å². The minimum absolute atomic E-state index is 0.738. The third-order valence-electron chi connectivity index (χ3n) is 2.76. The van der Waals surface area contributed by atoms with Gasteiger partial charge in [0.15, 0.2) is 0 Å². The molecule has 1 heterocycles. The van der Waals surface area contributed by atoms with Crippen molar-refractivity contribution in [3.63, 3.8) is 0 Å². The average molecular weight is 139 g/mol. The van der Waals surface area contributed by atoms with E-state index in [1.165, 1.54) is 25.7 Å². The molecule has 1 radical (unpaired) electrons. The summed E-state index contributed by atoms with van der Waals surface area (Å²) in [6.07, 6.45) is 5.77. The summed E-state index contributed by atoms with van der Waals surface area (Å²) in [5.74, 6) is 0.950. The number of hydrogen-bond acceptors (Lipinski definition) is 1. The van der Waals surface area contributed by atoms with Crippen LogP contribution >= 0.6 is 0 Å². The Morgan fingerprint density at radius 2 is 2.00 bits per heavy atom. The predicted octanol–water partition coefficient (Wildman–Crippen LogP) is 0.710. The zero-order valence-corrected chi connectivity index (χ0v) is 6.34. The summed E-state index contributed by atoms with van der Waals surface area (Å²) in [5, 5.41) is 7.73. The Morgan fingerprint density at radius 3 is 2.60 bits per heavy atom. The van der Waals surface area contributed by atoms with Gasteiger partial charge >= 0.3 is 0 Å². The highest BCUT2D eigenvalue weighted by atomic mass is 15.2. The highest BCUT2D eigenvalue weighted by Gasteiger charge is 2.26. The zero-order chi connectivity index (χ0) is 6.81. The van der Waals surface area contributed by atoms with Gasteiger partial charge in [0.25, 0.3) is 0 Å². The van der Waals surface area contributed by atoms with Crippen molar-refractivity contribution in [2.24, 2.45) is 5.92 Å². The number of rotatable bonds is 1. The number of hydrogen-bond donors (Lipinski definition) is 1. The molecule has 1 atom stereocenters. The third kappa shape index (κ3) is 1.18. The SMILES string of the molecule is C1CCC(C2C[N]CN2)C1. The molecule has 1 aliphatic heterocycles. The predicted molar refractivity (Wildman–Crippen MR) is 40.7 cm³/mol. The first kappa shape index (κ1) is 6.62. The summed E-state index contributed by atoms with van der Waals surface area (Å²) in [4.78, 5) is 0. The van der Waals surface area contributed by atoms with Crippen molar-refractivity contribution < 1.29 is 0 Å². The second-order valence-electron chi connectivity index (χ2n) is 3.42. The smallest absolute Gasteiger partial charge is 0.0627 e. The number of nitrogens with zero attached hydrogens (tertiary/aromatic N) is 1. The molecule has 2 heteroatoms. The normalized spacial score (nSPS) is 35.4. The van der Waals surface area contributed by atoms with Crippen molar-refractivity contribution in [3.8, 4) is 0 Å². The van der Waals surface area contributed by atoms with E-state index in [0.29, 0.717) is 0 Å². The fourth-order valence-electron chi connectivity index (χ4n) is 2.13. The van der Waals surface area contributed by atoms with Gasteiger partial charge in [-0.1, -0.05) is 12.8 Å². The molecule has 57 valence electrons. The van der Waals surface area contributed by atoms with Gasteiger partial charge in [-0.05, 0) is 18.8 Å². The Balaban J connectivity index is 1.85. The summed E-state index contributed by atoms with van der Waals surface area (Å²) in [5.41, 5.74) is 0. The van der Waals surface area contributed by atoms with Crippen LogP contribution in [0, 0.1) is 5.92 Å². The maximum Gasteiger partial charge on any atom is 0.0627 e. The average Bonchev–Trinajstić information content (AvgIpc) is 2.59. The van der Waals surface area contributed by atoms with Crippen LogP contribution in [0.4, 0.5) is 0 Å². The van der Waals surface area contributed by atoms with Crippen molar-refractivity contribution in [2.45, 2.75) is 31.7 Å². The van der Waals surface area contributed by atoms with Gasteiger partial charge in [0.2, 0.25) is 0 Å². The van der Waals surface area contributed by atoms with Gasteiger partial charge in [-0.25, -0.2) is 5.32 Å². The molecule has 0 bridgehead atoms.